The molecule has 1 unspecified atom stereocenters. The minimum absolute atomic E-state index is 0.289. The summed E-state index contributed by atoms with van der Waals surface area (Å²) in [5, 5.41) is 11.4. The smallest absolute Gasteiger partial charge is 0.309 e. The first-order valence-corrected chi connectivity index (χ1v) is 4.41. The van der Waals surface area contributed by atoms with Crippen molar-refractivity contribution in [1.82, 2.24) is 5.32 Å². The number of carbonyl (C=O) groups excluding carboxylic acids is 2. The summed E-state index contributed by atoms with van der Waals surface area (Å²) >= 11 is 0. The fraction of sp³-hybridized carbons (Fsp3) is 0.200. The monoisotopic (exact) mass is 208 g/mol. The van der Waals surface area contributed by atoms with Crippen molar-refractivity contribution in [1.29, 1.82) is 0 Å². The number of hydrogen-bond donors (Lipinski definition) is 3. The van der Waals surface area contributed by atoms with Crippen LogP contribution in [-0.2, 0) is 9.59 Å². The quantitative estimate of drug-likeness (QED) is 0.575. The number of rotatable bonds is 3. The van der Waals surface area contributed by atoms with E-state index in [-0.39, 0.29) is 6.61 Å². The maximum Gasteiger partial charge on any atom is 0.309 e. The van der Waals surface area contributed by atoms with Gasteiger partial charge < -0.3 is 16.2 Å². The Kier molecular flexibility index (Phi) is 3.82. The molecule has 15 heavy (non-hydrogen) atoms. The number of primary amides is 1. The average Bonchev–Trinajstić information content (AvgIpc) is 2.26. The number of nitrogens with one attached hydrogen (secondary N) is 1. The molecular weight excluding hydrogens is 196 g/mol. The van der Waals surface area contributed by atoms with Gasteiger partial charge in [-0.3, -0.25) is 9.59 Å². The van der Waals surface area contributed by atoms with Crippen LogP contribution in [0.2, 0.25) is 0 Å². The van der Waals surface area contributed by atoms with E-state index in [2.05, 4.69) is 5.32 Å². The zero-order valence-corrected chi connectivity index (χ0v) is 8.01. The van der Waals surface area contributed by atoms with Gasteiger partial charge in [0.2, 0.25) is 0 Å². The van der Waals surface area contributed by atoms with Gasteiger partial charge >= 0.3 is 11.8 Å². The molecule has 5 nitrogen and oxygen atoms in total. The normalized spacial score (nSPS) is 11.8. The van der Waals surface area contributed by atoms with Gasteiger partial charge in [-0.15, -0.1) is 0 Å². The number of nitrogens with two attached hydrogens (primary N) is 1. The van der Waals surface area contributed by atoms with Crippen LogP contribution >= 0.6 is 0 Å². The molecule has 0 spiro atoms. The molecule has 0 aromatic heterocycles. The Hall–Kier alpha value is -1.88. The molecular formula is C10H12N2O3. The van der Waals surface area contributed by atoms with Gasteiger partial charge in [-0.2, -0.15) is 0 Å². The van der Waals surface area contributed by atoms with Crippen molar-refractivity contribution in [2.45, 2.75) is 6.04 Å². The van der Waals surface area contributed by atoms with E-state index in [1.807, 2.05) is 6.07 Å². The van der Waals surface area contributed by atoms with E-state index in [0.717, 1.165) is 5.56 Å². The third-order valence-corrected chi connectivity index (χ3v) is 1.91. The summed E-state index contributed by atoms with van der Waals surface area (Å²) in [6.07, 6.45) is 0. The van der Waals surface area contributed by atoms with Gasteiger partial charge in [0.15, 0.2) is 0 Å². The van der Waals surface area contributed by atoms with E-state index in [4.69, 9.17) is 10.8 Å². The maximum atomic E-state index is 11.0. The fourth-order valence-electron chi connectivity index (χ4n) is 1.15. The Bertz CT molecular complexity index is 351. The Morgan fingerprint density at radius 3 is 2.40 bits per heavy atom. The molecule has 80 valence electrons. The van der Waals surface area contributed by atoms with Gasteiger partial charge in [0, 0.05) is 0 Å². The van der Waals surface area contributed by atoms with Crippen LogP contribution in [0.25, 0.3) is 0 Å². The topological polar surface area (TPSA) is 92.4 Å². The Morgan fingerprint density at radius 1 is 1.33 bits per heavy atom. The molecule has 0 aliphatic heterocycles. The summed E-state index contributed by atoms with van der Waals surface area (Å²) < 4.78 is 0. The van der Waals surface area contributed by atoms with Crippen molar-refractivity contribution >= 4 is 11.8 Å². The molecule has 0 fully saturated rings. The molecule has 1 rings (SSSR count). The molecule has 2 amide bonds. The van der Waals surface area contributed by atoms with Crippen molar-refractivity contribution in [3.05, 3.63) is 35.9 Å². The second kappa shape index (κ2) is 5.11. The first-order valence-electron chi connectivity index (χ1n) is 4.41. The number of aliphatic hydroxyl groups excluding tert-OH is 1. The summed E-state index contributed by atoms with van der Waals surface area (Å²) in [6.45, 7) is -0.289. The van der Waals surface area contributed by atoms with E-state index < -0.39 is 17.9 Å². The van der Waals surface area contributed by atoms with E-state index in [1.54, 1.807) is 24.3 Å². The second-order valence-corrected chi connectivity index (χ2v) is 2.98. The van der Waals surface area contributed by atoms with Crippen LogP contribution in [0.4, 0.5) is 0 Å². The highest BCUT2D eigenvalue weighted by atomic mass is 16.3. The summed E-state index contributed by atoms with van der Waals surface area (Å²) in [5.74, 6) is -1.97. The Balaban J connectivity index is 2.73. The summed E-state index contributed by atoms with van der Waals surface area (Å²) in [5.41, 5.74) is 5.50. The van der Waals surface area contributed by atoms with Gasteiger partial charge in [0.25, 0.3) is 0 Å². The standard InChI is InChI=1S/C10H12N2O3/c11-9(14)10(15)12-8(6-13)7-4-2-1-3-5-7/h1-5,8,13H,6H2,(H2,11,14)(H,12,15). The SMILES string of the molecule is NC(=O)C(=O)NC(CO)c1ccccc1. The van der Waals surface area contributed by atoms with Crippen molar-refractivity contribution in [2.75, 3.05) is 6.61 Å². The molecule has 0 saturated carbocycles. The van der Waals surface area contributed by atoms with E-state index >= 15 is 0 Å². The lowest BCUT2D eigenvalue weighted by Gasteiger charge is -2.15. The molecule has 0 saturated heterocycles. The predicted molar refractivity (Wildman–Crippen MR) is 53.6 cm³/mol. The number of hydrogen-bond acceptors (Lipinski definition) is 3. The predicted octanol–water partition coefficient (Wildman–Crippen LogP) is -0.678. The van der Waals surface area contributed by atoms with Gasteiger partial charge in [-0.05, 0) is 5.56 Å². The lowest BCUT2D eigenvalue weighted by atomic mass is 10.1. The van der Waals surface area contributed by atoms with Gasteiger partial charge in [0.05, 0.1) is 12.6 Å². The first-order chi connectivity index (χ1) is 7.15. The van der Waals surface area contributed by atoms with Crippen molar-refractivity contribution in [3.8, 4) is 0 Å². The first kappa shape index (κ1) is 11.2. The number of amides is 2. The van der Waals surface area contributed by atoms with Gasteiger partial charge in [-0.1, -0.05) is 30.3 Å². The van der Waals surface area contributed by atoms with Crippen LogP contribution in [-0.4, -0.2) is 23.5 Å². The zero-order chi connectivity index (χ0) is 11.3. The molecule has 5 heteroatoms. The Labute approximate surface area is 86.9 Å². The molecule has 1 aromatic carbocycles. The van der Waals surface area contributed by atoms with Crippen LogP contribution in [0.15, 0.2) is 30.3 Å². The zero-order valence-electron chi connectivity index (χ0n) is 8.01. The van der Waals surface area contributed by atoms with E-state index in [1.165, 1.54) is 0 Å². The third-order valence-electron chi connectivity index (χ3n) is 1.91. The molecule has 4 N–H and O–H groups in total. The Morgan fingerprint density at radius 2 is 1.93 bits per heavy atom. The van der Waals surface area contributed by atoms with Crippen molar-refractivity contribution < 1.29 is 14.7 Å². The number of carbonyl (C=O) groups is 2. The highest BCUT2D eigenvalue weighted by Gasteiger charge is 2.16. The maximum absolute atomic E-state index is 11.0. The lowest BCUT2D eigenvalue weighted by molar-refractivity contribution is -0.137. The van der Waals surface area contributed by atoms with Gasteiger partial charge in [-0.25, -0.2) is 0 Å². The highest BCUT2D eigenvalue weighted by molar-refractivity contribution is 6.34. The second-order valence-electron chi connectivity index (χ2n) is 2.98. The fourth-order valence-corrected chi connectivity index (χ4v) is 1.15. The molecule has 1 atom stereocenters. The van der Waals surface area contributed by atoms with Gasteiger partial charge in [0.1, 0.15) is 0 Å². The molecule has 0 aliphatic rings. The molecule has 0 aliphatic carbocycles. The van der Waals surface area contributed by atoms with Crippen LogP contribution in [0.5, 0.6) is 0 Å². The highest BCUT2D eigenvalue weighted by Crippen LogP contribution is 2.10. The summed E-state index contributed by atoms with van der Waals surface area (Å²) in [6, 6.07) is 8.23. The van der Waals surface area contributed by atoms with Crippen LogP contribution in [0.3, 0.4) is 0 Å². The van der Waals surface area contributed by atoms with Crippen LogP contribution < -0.4 is 11.1 Å². The van der Waals surface area contributed by atoms with Crippen LogP contribution in [0, 0.1) is 0 Å². The largest absolute Gasteiger partial charge is 0.394 e. The lowest BCUT2D eigenvalue weighted by Crippen LogP contribution is -2.39. The van der Waals surface area contributed by atoms with E-state index in [9.17, 15) is 9.59 Å². The number of aliphatic hydroxyl groups is 1. The minimum atomic E-state index is -1.07. The summed E-state index contributed by atoms with van der Waals surface area (Å²) in [7, 11) is 0. The molecule has 0 bridgehead atoms. The molecule has 1 aromatic rings. The van der Waals surface area contributed by atoms with E-state index in [0.29, 0.717) is 0 Å². The summed E-state index contributed by atoms with van der Waals surface area (Å²) in [4.78, 5) is 21.5. The number of benzene rings is 1. The minimum Gasteiger partial charge on any atom is -0.394 e. The molecule has 0 radical (unpaired) electrons. The average molecular weight is 208 g/mol. The molecule has 0 heterocycles. The van der Waals surface area contributed by atoms with Crippen molar-refractivity contribution in [2.24, 2.45) is 5.73 Å². The third kappa shape index (κ3) is 3.07. The van der Waals surface area contributed by atoms with Crippen LogP contribution in [0.1, 0.15) is 11.6 Å². The van der Waals surface area contributed by atoms with Crippen molar-refractivity contribution in [3.63, 3.8) is 0 Å².